The molecule has 1 saturated carbocycles. The number of thioether (sulfide) groups is 1. The molecule has 1 aromatic carbocycles. The van der Waals surface area contributed by atoms with Crippen LogP contribution in [0.25, 0.3) is 0 Å². The van der Waals surface area contributed by atoms with Crippen LogP contribution in [0.15, 0.2) is 24.3 Å². The highest BCUT2D eigenvalue weighted by Gasteiger charge is 2.47. The summed E-state index contributed by atoms with van der Waals surface area (Å²) < 4.78 is 0. The molecule has 0 unspecified atom stereocenters. The van der Waals surface area contributed by atoms with Gasteiger partial charge in [-0.05, 0) is 43.9 Å². The highest BCUT2D eigenvalue weighted by molar-refractivity contribution is 8.00. The molecule has 1 spiro atoms. The summed E-state index contributed by atoms with van der Waals surface area (Å²) in [7, 11) is 0. The van der Waals surface area contributed by atoms with Crippen LogP contribution in [-0.2, 0) is 4.79 Å². The van der Waals surface area contributed by atoms with E-state index in [0.29, 0.717) is 16.5 Å². The third-order valence-corrected chi connectivity index (χ3v) is 8.09. The van der Waals surface area contributed by atoms with Gasteiger partial charge in [0.2, 0.25) is 5.91 Å². The van der Waals surface area contributed by atoms with E-state index in [1.54, 1.807) is 12.1 Å². The van der Waals surface area contributed by atoms with E-state index < -0.39 is 0 Å². The second kappa shape index (κ2) is 8.04. The van der Waals surface area contributed by atoms with Crippen LogP contribution in [0.4, 0.5) is 0 Å². The lowest BCUT2D eigenvalue weighted by atomic mass is 9.87. The van der Waals surface area contributed by atoms with Gasteiger partial charge in [-0.15, -0.1) is 11.8 Å². The van der Waals surface area contributed by atoms with Crippen molar-refractivity contribution in [1.82, 2.24) is 9.80 Å². The van der Waals surface area contributed by atoms with Crippen molar-refractivity contribution in [2.45, 2.75) is 49.8 Å². The lowest BCUT2D eigenvalue weighted by Gasteiger charge is -2.45. The number of halogens is 1. The largest absolute Gasteiger partial charge is 0.342 e. The molecule has 6 heteroatoms. The number of likely N-dealkylation sites (tertiary alicyclic amines) is 1. The summed E-state index contributed by atoms with van der Waals surface area (Å²) >= 11 is 7.96. The van der Waals surface area contributed by atoms with Gasteiger partial charge in [0, 0.05) is 41.9 Å². The first-order valence-electron chi connectivity index (χ1n) is 10.1. The molecule has 2 saturated heterocycles. The molecule has 0 bridgehead atoms. The van der Waals surface area contributed by atoms with Crippen LogP contribution in [0.5, 0.6) is 0 Å². The molecule has 0 aromatic heterocycles. The van der Waals surface area contributed by atoms with E-state index in [9.17, 15) is 9.59 Å². The zero-order valence-corrected chi connectivity index (χ0v) is 17.2. The Kier molecular flexibility index (Phi) is 5.70. The molecule has 27 heavy (non-hydrogen) atoms. The molecule has 3 fully saturated rings. The molecule has 0 radical (unpaired) electrons. The molecule has 2 aliphatic heterocycles. The maximum atomic E-state index is 13.1. The van der Waals surface area contributed by atoms with Crippen LogP contribution >= 0.6 is 23.4 Å². The van der Waals surface area contributed by atoms with E-state index in [-0.39, 0.29) is 16.7 Å². The molecular formula is C21H27ClN2O2S. The fraction of sp³-hybridized carbons (Fsp3) is 0.619. The third-order valence-electron chi connectivity index (χ3n) is 6.31. The van der Waals surface area contributed by atoms with Crippen molar-refractivity contribution in [2.24, 2.45) is 5.92 Å². The first-order chi connectivity index (χ1) is 13.1. The van der Waals surface area contributed by atoms with Gasteiger partial charge < -0.3 is 9.80 Å². The van der Waals surface area contributed by atoms with E-state index in [0.717, 1.165) is 51.1 Å². The zero-order chi connectivity index (χ0) is 18.9. The minimum atomic E-state index is -0.164. The van der Waals surface area contributed by atoms with E-state index in [1.165, 1.54) is 19.3 Å². The fourth-order valence-electron chi connectivity index (χ4n) is 4.77. The average Bonchev–Trinajstić information content (AvgIpc) is 3.11. The van der Waals surface area contributed by atoms with Gasteiger partial charge in [0.1, 0.15) is 0 Å². The van der Waals surface area contributed by atoms with Gasteiger partial charge in [-0.3, -0.25) is 9.59 Å². The second-order valence-corrected chi connectivity index (χ2v) is 9.82. The molecule has 4 rings (SSSR count). The molecule has 4 nitrogen and oxygen atoms in total. The summed E-state index contributed by atoms with van der Waals surface area (Å²) in [5, 5.41) is 0.592. The molecule has 2 heterocycles. The Morgan fingerprint density at radius 1 is 1.07 bits per heavy atom. The smallest absolute Gasteiger partial charge is 0.255 e. The second-order valence-electron chi connectivity index (χ2n) is 7.92. The van der Waals surface area contributed by atoms with Crippen molar-refractivity contribution < 1.29 is 9.59 Å². The number of nitrogens with zero attached hydrogens (tertiary/aromatic N) is 2. The summed E-state index contributed by atoms with van der Waals surface area (Å²) in [5.41, 5.74) is 0.657. The van der Waals surface area contributed by atoms with E-state index in [2.05, 4.69) is 4.90 Å². The van der Waals surface area contributed by atoms with Crippen molar-refractivity contribution in [3.63, 3.8) is 0 Å². The number of piperidine rings is 1. The monoisotopic (exact) mass is 406 g/mol. The SMILES string of the molecule is O=C(C1CCCCC1)N1CCC2(CC1)SCCN2C(=O)c1cccc(Cl)c1. The molecule has 1 aromatic rings. The van der Waals surface area contributed by atoms with E-state index >= 15 is 0 Å². The Morgan fingerprint density at radius 3 is 2.52 bits per heavy atom. The van der Waals surface area contributed by atoms with Crippen molar-refractivity contribution in [3.05, 3.63) is 34.9 Å². The predicted octanol–water partition coefficient (Wildman–Crippen LogP) is 4.43. The number of carbonyl (C=O) groups excluding carboxylic acids is 2. The standard InChI is InChI=1S/C21H27ClN2O2S/c22-18-8-4-7-17(15-18)20(26)24-13-14-27-21(24)9-11-23(12-10-21)19(25)16-5-2-1-3-6-16/h4,7-8,15-16H,1-3,5-6,9-14H2. The molecule has 146 valence electrons. The Hall–Kier alpha value is -1.20. The average molecular weight is 407 g/mol. The van der Waals surface area contributed by atoms with Gasteiger partial charge >= 0.3 is 0 Å². The molecule has 0 N–H and O–H groups in total. The van der Waals surface area contributed by atoms with Crippen LogP contribution in [0.2, 0.25) is 5.02 Å². The summed E-state index contributed by atoms with van der Waals surface area (Å²) in [6.07, 6.45) is 7.47. The van der Waals surface area contributed by atoms with Gasteiger partial charge in [-0.25, -0.2) is 0 Å². The van der Waals surface area contributed by atoms with Crippen molar-refractivity contribution >= 4 is 35.2 Å². The fourth-order valence-corrected chi connectivity index (χ4v) is 6.42. The number of benzene rings is 1. The highest BCUT2D eigenvalue weighted by atomic mass is 35.5. The van der Waals surface area contributed by atoms with Gasteiger partial charge in [0.15, 0.2) is 0 Å². The molecule has 1 aliphatic carbocycles. The number of hydrogen-bond acceptors (Lipinski definition) is 3. The van der Waals surface area contributed by atoms with Crippen LogP contribution in [-0.4, -0.2) is 51.9 Å². The van der Waals surface area contributed by atoms with E-state index in [1.807, 2.05) is 28.8 Å². The first-order valence-corrected chi connectivity index (χ1v) is 11.5. The normalized spacial score (nSPS) is 23.0. The Bertz CT molecular complexity index is 712. The van der Waals surface area contributed by atoms with Gasteiger partial charge in [-0.1, -0.05) is 36.9 Å². The molecule has 0 atom stereocenters. The summed E-state index contributed by atoms with van der Waals surface area (Å²) in [4.78, 5) is 29.9. The summed E-state index contributed by atoms with van der Waals surface area (Å²) in [6.45, 7) is 2.30. The maximum absolute atomic E-state index is 13.1. The quantitative estimate of drug-likeness (QED) is 0.729. The van der Waals surface area contributed by atoms with E-state index in [4.69, 9.17) is 11.6 Å². The van der Waals surface area contributed by atoms with Crippen molar-refractivity contribution in [1.29, 1.82) is 0 Å². The van der Waals surface area contributed by atoms with Crippen molar-refractivity contribution in [3.8, 4) is 0 Å². The molecular weight excluding hydrogens is 380 g/mol. The Balaban J connectivity index is 1.43. The molecule has 2 amide bonds. The topological polar surface area (TPSA) is 40.6 Å². The number of rotatable bonds is 2. The van der Waals surface area contributed by atoms with Crippen LogP contribution in [0.3, 0.4) is 0 Å². The Morgan fingerprint density at radius 2 is 1.81 bits per heavy atom. The van der Waals surface area contributed by atoms with Gasteiger partial charge in [-0.2, -0.15) is 0 Å². The Labute approximate surface area is 170 Å². The number of carbonyl (C=O) groups is 2. The van der Waals surface area contributed by atoms with Gasteiger partial charge in [0.05, 0.1) is 4.87 Å². The minimum absolute atomic E-state index is 0.0644. The van der Waals surface area contributed by atoms with Crippen LogP contribution < -0.4 is 0 Å². The first kappa shape index (κ1) is 19.1. The minimum Gasteiger partial charge on any atom is -0.342 e. The zero-order valence-electron chi connectivity index (χ0n) is 15.7. The maximum Gasteiger partial charge on any atom is 0.255 e. The predicted molar refractivity (Wildman–Crippen MR) is 110 cm³/mol. The number of hydrogen-bond donors (Lipinski definition) is 0. The number of amides is 2. The van der Waals surface area contributed by atoms with Crippen LogP contribution in [0, 0.1) is 5.92 Å². The lowest BCUT2D eigenvalue weighted by Crippen LogP contribution is -2.54. The summed E-state index contributed by atoms with van der Waals surface area (Å²) in [5.74, 6) is 1.60. The molecule has 3 aliphatic rings. The highest BCUT2D eigenvalue weighted by Crippen LogP contribution is 2.45. The van der Waals surface area contributed by atoms with Crippen LogP contribution in [0.1, 0.15) is 55.3 Å². The third kappa shape index (κ3) is 3.86. The lowest BCUT2D eigenvalue weighted by molar-refractivity contribution is -0.138. The van der Waals surface area contributed by atoms with Gasteiger partial charge in [0.25, 0.3) is 5.91 Å². The van der Waals surface area contributed by atoms with Crippen molar-refractivity contribution in [2.75, 3.05) is 25.4 Å². The summed E-state index contributed by atoms with van der Waals surface area (Å²) in [6, 6.07) is 7.22.